The molecule has 8 nitrogen and oxygen atoms in total. The van der Waals surface area contributed by atoms with Gasteiger partial charge in [0.1, 0.15) is 0 Å². The van der Waals surface area contributed by atoms with Crippen LogP contribution in [0.15, 0.2) is 0 Å². The van der Waals surface area contributed by atoms with Crippen molar-refractivity contribution >= 4 is 16.2 Å². The highest BCUT2D eigenvalue weighted by Gasteiger charge is 2.37. The second-order valence-electron chi connectivity index (χ2n) is 7.75. The fourth-order valence-corrected chi connectivity index (χ4v) is 5.87. The van der Waals surface area contributed by atoms with Gasteiger partial charge in [-0.1, -0.05) is 19.3 Å². The molecule has 2 aliphatic heterocycles. The van der Waals surface area contributed by atoms with E-state index in [0.717, 1.165) is 12.8 Å². The molecule has 0 bridgehead atoms. The van der Waals surface area contributed by atoms with Crippen LogP contribution in [0.4, 0.5) is 4.79 Å². The molecule has 2 amide bonds. The van der Waals surface area contributed by atoms with Crippen molar-refractivity contribution in [2.45, 2.75) is 64.2 Å². The predicted molar refractivity (Wildman–Crippen MR) is 99.1 cm³/mol. The van der Waals surface area contributed by atoms with E-state index in [1.807, 2.05) is 13.8 Å². The van der Waals surface area contributed by atoms with Gasteiger partial charge in [-0.05, 0) is 26.7 Å². The number of morpholine rings is 1. The maximum atomic E-state index is 12.9. The maximum absolute atomic E-state index is 12.9. The van der Waals surface area contributed by atoms with Crippen LogP contribution in [0.1, 0.15) is 46.0 Å². The Morgan fingerprint density at radius 3 is 2.08 bits per heavy atom. The molecular formula is C17H32N4O4S. The predicted octanol–water partition coefficient (Wildman–Crippen LogP) is 1.00. The van der Waals surface area contributed by atoms with Gasteiger partial charge < -0.3 is 15.0 Å². The molecule has 2 heterocycles. The SMILES string of the molecule is CC1CN(S(=O)(=O)N2CCN(C(=O)NC3CCCCC3)CC2)CC(C)O1. The van der Waals surface area contributed by atoms with Gasteiger partial charge in [0, 0.05) is 45.3 Å². The van der Waals surface area contributed by atoms with Gasteiger partial charge in [-0.3, -0.25) is 0 Å². The van der Waals surface area contributed by atoms with Crippen molar-refractivity contribution in [2.75, 3.05) is 39.3 Å². The Balaban J connectivity index is 1.51. The average Bonchev–Trinajstić information content (AvgIpc) is 2.62. The molecule has 26 heavy (non-hydrogen) atoms. The molecule has 2 saturated heterocycles. The zero-order chi connectivity index (χ0) is 18.7. The first kappa shape index (κ1) is 19.9. The van der Waals surface area contributed by atoms with Gasteiger partial charge in [-0.2, -0.15) is 17.0 Å². The van der Waals surface area contributed by atoms with Crippen LogP contribution in [0.5, 0.6) is 0 Å². The second-order valence-corrected chi connectivity index (χ2v) is 9.68. The van der Waals surface area contributed by atoms with Crippen molar-refractivity contribution in [3.8, 4) is 0 Å². The number of ether oxygens (including phenoxy) is 1. The number of carbonyl (C=O) groups is 1. The lowest BCUT2D eigenvalue weighted by Crippen LogP contribution is -2.59. The number of hydrogen-bond acceptors (Lipinski definition) is 4. The highest BCUT2D eigenvalue weighted by atomic mass is 32.2. The first-order chi connectivity index (χ1) is 12.4. The van der Waals surface area contributed by atoms with Gasteiger partial charge in [0.15, 0.2) is 0 Å². The van der Waals surface area contributed by atoms with Crippen molar-refractivity contribution in [1.82, 2.24) is 18.8 Å². The van der Waals surface area contributed by atoms with Gasteiger partial charge >= 0.3 is 6.03 Å². The van der Waals surface area contributed by atoms with Crippen LogP contribution in [-0.4, -0.2) is 85.5 Å². The van der Waals surface area contributed by atoms with E-state index in [0.29, 0.717) is 39.3 Å². The summed E-state index contributed by atoms with van der Waals surface area (Å²) in [6.45, 7) is 6.13. The molecule has 0 aromatic heterocycles. The highest BCUT2D eigenvalue weighted by Crippen LogP contribution is 2.20. The third-order valence-electron chi connectivity index (χ3n) is 5.50. The van der Waals surface area contributed by atoms with E-state index in [2.05, 4.69) is 5.32 Å². The Morgan fingerprint density at radius 2 is 1.50 bits per heavy atom. The van der Waals surface area contributed by atoms with E-state index in [1.54, 1.807) is 4.90 Å². The summed E-state index contributed by atoms with van der Waals surface area (Å²) in [5.74, 6) is 0. The third kappa shape index (κ3) is 4.68. The first-order valence-corrected chi connectivity index (χ1v) is 11.2. The number of rotatable bonds is 3. The lowest BCUT2D eigenvalue weighted by atomic mass is 9.96. The van der Waals surface area contributed by atoms with E-state index in [1.165, 1.54) is 27.9 Å². The van der Waals surface area contributed by atoms with Crippen LogP contribution in [-0.2, 0) is 14.9 Å². The summed E-state index contributed by atoms with van der Waals surface area (Å²) >= 11 is 0. The number of amides is 2. The number of hydrogen-bond donors (Lipinski definition) is 1. The zero-order valence-corrected chi connectivity index (χ0v) is 16.7. The molecule has 0 radical (unpaired) electrons. The highest BCUT2D eigenvalue weighted by molar-refractivity contribution is 7.86. The van der Waals surface area contributed by atoms with Crippen LogP contribution < -0.4 is 5.32 Å². The minimum Gasteiger partial charge on any atom is -0.373 e. The number of nitrogens with zero attached hydrogens (tertiary/aromatic N) is 3. The number of carbonyl (C=O) groups excluding carboxylic acids is 1. The largest absolute Gasteiger partial charge is 0.373 e. The van der Waals surface area contributed by atoms with Crippen LogP contribution in [0.2, 0.25) is 0 Å². The summed E-state index contributed by atoms with van der Waals surface area (Å²) in [5.41, 5.74) is 0. The van der Waals surface area contributed by atoms with Crippen LogP contribution >= 0.6 is 0 Å². The Kier molecular flexibility index (Phi) is 6.42. The summed E-state index contributed by atoms with van der Waals surface area (Å²) in [6.07, 6.45) is 5.50. The van der Waals surface area contributed by atoms with Crippen molar-refractivity contribution in [1.29, 1.82) is 0 Å². The van der Waals surface area contributed by atoms with E-state index >= 15 is 0 Å². The topological polar surface area (TPSA) is 82.2 Å². The van der Waals surface area contributed by atoms with Crippen LogP contribution in [0.3, 0.4) is 0 Å². The maximum Gasteiger partial charge on any atom is 0.317 e. The first-order valence-electron chi connectivity index (χ1n) is 9.82. The third-order valence-corrected chi connectivity index (χ3v) is 7.47. The fraction of sp³-hybridized carbons (Fsp3) is 0.941. The van der Waals surface area contributed by atoms with Crippen molar-refractivity contribution in [3.05, 3.63) is 0 Å². The Labute approximate surface area is 157 Å². The molecule has 150 valence electrons. The minimum atomic E-state index is -3.50. The summed E-state index contributed by atoms with van der Waals surface area (Å²) in [7, 11) is -3.50. The number of nitrogens with one attached hydrogen (secondary N) is 1. The normalized spacial score (nSPS) is 30.3. The molecule has 1 N–H and O–H groups in total. The van der Waals surface area contributed by atoms with Gasteiger partial charge in [0.25, 0.3) is 10.2 Å². The minimum absolute atomic E-state index is 0.0532. The average molecular weight is 389 g/mol. The Morgan fingerprint density at radius 1 is 0.923 bits per heavy atom. The quantitative estimate of drug-likeness (QED) is 0.782. The molecule has 0 aromatic rings. The van der Waals surface area contributed by atoms with E-state index < -0.39 is 10.2 Å². The standard InChI is InChI=1S/C17H32N4O4S/c1-14-12-21(13-15(2)25-14)26(23,24)20-10-8-19(9-11-20)17(22)18-16-6-4-3-5-7-16/h14-16H,3-13H2,1-2H3,(H,18,22). The molecule has 1 saturated carbocycles. The fourth-order valence-electron chi connectivity index (χ4n) is 4.12. The summed E-state index contributed by atoms with van der Waals surface area (Å²) in [4.78, 5) is 14.2. The summed E-state index contributed by atoms with van der Waals surface area (Å²) < 4.78 is 34.5. The molecule has 3 fully saturated rings. The molecule has 0 aromatic carbocycles. The van der Waals surface area contributed by atoms with E-state index in [4.69, 9.17) is 4.74 Å². The monoisotopic (exact) mass is 388 g/mol. The Hall–Kier alpha value is -0.900. The van der Waals surface area contributed by atoms with Gasteiger partial charge in [0.05, 0.1) is 12.2 Å². The molecule has 0 spiro atoms. The smallest absolute Gasteiger partial charge is 0.317 e. The van der Waals surface area contributed by atoms with Gasteiger partial charge in [-0.15, -0.1) is 0 Å². The Bertz CT molecular complexity index is 576. The summed E-state index contributed by atoms with van der Waals surface area (Å²) in [6, 6.07) is 0.219. The van der Waals surface area contributed by atoms with E-state index in [9.17, 15) is 13.2 Å². The van der Waals surface area contributed by atoms with Crippen molar-refractivity contribution in [3.63, 3.8) is 0 Å². The lowest BCUT2D eigenvalue weighted by molar-refractivity contribution is -0.0456. The molecule has 3 rings (SSSR count). The lowest BCUT2D eigenvalue weighted by Gasteiger charge is -2.40. The summed E-state index contributed by atoms with van der Waals surface area (Å²) in [5, 5.41) is 3.11. The van der Waals surface area contributed by atoms with Crippen molar-refractivity contribution < 1.29 is 17.9 Å². The number of piperazine rings is 1. The molecule has 9 heteroatoms. The van der Waals surface area contributed by atoms with Crippen LogP contribution in [0.25, 0.3) is 0 Å². The molecular weight excluding hydrogens is 356 g/mol. The van der Waals surface area contributed by atoms with Crippen molar-refractivity contribution in [2.24, 2.45) is 0 Å². The molecule has 2 atom stereocenters. The second kappa shape index (κ2) is 8.41. The van der Waals surface area contributed by atoms with Crippen LogP contribution in [0, 0.1) is 0 Å². The number of urea groups is 1. The van der Waals surface area contributed by atoms with Gasteiger partial charge in [-0.25, -0.2) is 4.79 Å². The van der Waals surface area contributed by atoms with Gasteiger partial charge in [0.2, 0.25) is 0 Å². The molecule has 3 aliphatic rings. The van der Waals surface area contributed by atoms with E-state index in [-0.39, 0.29) is 24.3 Å². The zero-order valence-electron chi connectivity index (χ0n) is 15.9. The molecule has 2 unspecified atom stereocenters. The molecule has 1 aliphatic carbocycles.